The molecule has 16 heavy (non-hydrogen) atoms. The van der Waals surface area contributed by atoms with Crippen molar-refractivity contribution in [2.75, 3.05) is 18.1 Å². The SMILES string of the molecule is CCOS(=O)(=O)CC(C)(O)c1ccc(N)s1. The van der Waals surface area contributed by atoms with E-state index in [0.717, 1.165) is 11.3 Å². The summed E-state index contributed by atoms with van der Waals surface area (Å²) in [6.07, 6.45) is 0. The fourth-order valence-electron chi connectivity index (χ4n) is 1.28. The average Bonchev–Trinajstić information content (AvgIpc) is 2.49. The van der Waals surface area contributed by atoms with Gasteiger partial charge in [-0.1, -0.05) is 0 Å². The summed E-state index contributed by atoms with van der Waals surface area (Å²) in [5.74, 6) is -0.478. The summed E-state index contributed by atoms with van der Waals surface area (Å²) < 4.78 is 27.4. The molecule has 0 saturated carbocycles. The first-order chi connectivity index (χ1) is 7.27. The van der Waals surface area contributed by atoms with E-state index in [1.807, 2.05) is 0 Å². The molecular weight excluding hydrogens is 250 g/mol. The number of thiophene rings is 1. The second-order valence-electron chi connectivity index (χ2n) is 3.58. The van der Waals surface area contributed by atoms with Gasteiger partial charge in [-0.3, -0.25) is 4.18 Å². The Bertz CT molecular complexity index is 450. The molecule has 0 aliphatic rings. The first-order valence-electron chi connectivity index (χ1n) is 4.72. The van der Waals surface area contributed by atoms with Crippen molar-refractivity contribution in [3.8, 4) is 0 Å². The van der Waals surface area contributed by atoms with E-state index < -0.39 is 21.5 Å². The third-order valence-corrected chi connectivity index (χ3v) is 4.59. The molecule has 0 aliphatic heterocycles. The third-order valence-electron chi connectivity index (χ3n) is 1.91. The predicted octanol–water partition coefficient (Wildman–Crippen LogP) is 0.904. The monoisotopic (exact) mass is 265 g/mol. The lowest BCUT2D eigenvalue weighted by Gasteiger charge is -2.20. The van der Waals surface area contributed by atoms with Gasteiger partial charge in [0.05, 0.1) is 11.6 Å². The number of nitrogens with two attached hydrogens (primary N) is 1. The number of aliphatic hydroxyl groups is 1. The van der Waals surface area contributed by atoms with Crippen LogP contribution in [0.2, 0.25) is 0 Å². The molecule has 1 atom stereocenters. The molecule has 0 radical (unpaired) electrons. The molecule has 1 rings (SSSR count). The highest BCUT2D eigenvalue weighted by molar-refractivity contribution is 7.86. The highest BCUT2D eigenvalue weighted by Crippen LogP contribution is 2.30. The van der Waals surface area contributed by atoms with E-state index >= 15 is 0 Å². The molecule has 92 valence electrons. The quantitative estimate of drug-likeness (QED) is 0.772. The number of anilines is 1. The van der Waals surface area contributed by atoms with Gasteiger partial charge in [-0.15, -0.1) is 11.3 Å². The Morgan fingerprint density at radius 1 is 1.56 bits per heavy atom. The van der Waals surface area contributed by atoms with E-state index in [-0.39, 0.29) is 6.61 Å². The molecular formula is C9H15NO4S2. The van der Waals surface area contributed by atoms with Crippen LogP contribution in [-0.2, 0) is 19.9 Å². The Balaban J connectivity index is 2.87. The van der Waals surface area contributed by atoms with E-state index in [9.17, 15) is 13.5 Å². The molecule has 0 saturated heterocycles. The van der Waals surface area contributed by atoms with Crippen LogP contribution >= 0.6 is 11.3 Å². The molecule has 1 unspecified atom stereocenters. The maximum atomic E-state index is 11.4. The molecule has 5 nitrogen and oxygen atoms in total. The van der Waals surface area contributed by atoms with Crippen molar-refractivity contribution in [3.63, 3.8) is 0 Å². The minimum atomic E-state index is -3.71. The Hall–Kier alpha value is -0.630. The van der Waals surface area contributed by atoms with Crippen LogP contribution < -0.4 is 5.73 Å². The lowest BCUT2D eigenvalue weighted by molar-refractivity contribution is 0.0830. The van der Waals surface area contributed by atoms with Crippen LogP contribution in [0.1, 0.15) is 18.7 Å². The fraction of sp³-hybridized carbons (Fsp3) is 0.556. The van der Waals surface area contributed by atoms with Crippen LogP contribution in [-0.4, -0.2) is 25.9 Å². The van der Waals surface area contributed by atoms with Crippen LogP contribution in [0.3, 0.4) is 0 Å². The molecule has 0 aliphatic carbocycles. The van der Waals surface area contributed by atoms with E-state index in [1.54, 1.807) is 19.1 Å². The van der Waals surface area contributed by atoms with Gasteiger partial charge in [0.2, 0.25) is 0 Å². The summed E-state index contributed by atoms with van der Waals surface area (Å²) in [5, 5.41) is 10.6. The molecule has 0 fully saturated rings. The van der Waals surface area contributed by atoms with Crippen LogP contribution in [0.15, 0.2) is 12.1 Å². The first kappa shape index (κ1) is 13.4. The van der Waals surface area contributed by atoms with Gasteiger partial charge in [-0.25, -0.2) is 0 Å². The van der Waals surface area contributed by atoms with Gasteiger partial charge in [0.15, 0.2) is 0 Å². The predicted molar refractivity (Wildman–Crippen MR) is 63.7 cm³/mol. The second-order valence-corrected chi connectivity index (χ2v) is 6.34. The fourth-order valence-corrected chi connectivity index (χ4v) is 3.47. The number of hydrogen-bond acceptors (Lipinski definition) is 6. The van der Waals surface area contributed by atoms with Gasteiger partial charge in [0.25, 0.3) is 10.1 Å². The van der Waals surface area contributed by atoms with Crippen LogP contribution in [0.25, 0.3) is 0 Å². The molecule has 0 amide bonds. The maximum absolute atomic E-state index is 11.4. The zero-order valence-corrected chi connectivity index (χ0v) is 10.8. The van der Waals surface area contributed by atoms with Crippen LogP contribution in [0.4, 0.5) is 5.00 Å². The zero-order valence-electron chi connectivity index (χ0n) is 9.13. The molecule has 1 aromatic heterocycles. The number of hydrogen-bond donors (Lipinski definition) is 2. The zero-order chi connectivity index (χ0) is 12.4. The van der Waals surface area contributed by atoms with E-state index in [4.69, 9.17) is 5.73 Å². The Morgan fingerprint density at radius 3 is 2.62 bits per heavy atom. The van der Waals surface area contributed by atoms with Gasteiger partial charge in [-0.2, -0.15) is 8.42 Å². The summed E-state index contributed by atoms with van der Waals surface area (Å²) in [6.45, 7) is 3.06. The molecule has 7 heteroatoms. The van der Waals surface area contributed by atoms with Crippen molar-refractivity contribution >= 4 is 26.5 Å². The maximum Gasteiger partial charge on any atom is 0.270 e. The smallest absolute Gasteiger partial charge is 0.270 e. The van der Waals surface area contributed by atoms with Crippen molar-refractivity contribution in [2.45, 2.75) is 19.4 Å². The van der Waals surface area contributed by atoms with Crippen LogP contribution in [0.5, 0.6) is 0 Å². The Morgan fingerprint density at radius 2 is 2.19 bits per heavy atom. The molecule has 1 aromatic rings. The van der Waals surface area contributed by atoms with E-state index in [1.165, 1.54) is 6.92 Å². The van der Waals surface area contributed by atoms with E-state index in [0.29, 0.717) is 9.88 Å². The third kappa shape index (κ3) is 3.44. The highest BCUT2D eigenvalue weighted by Gasteiger charge is 2.32. The second kappa shape index (κ2) is 4.70. The standard InChI is InChI=1S/C9H15NO4S2/c1-3-14-16(12,13)6-9(2,11)7-4-5-8(10)15-7/h4-5,11H,3,6,10H2,1-2H3. The largest absolute Gasteiger partial charge is 0.391 e. The molecule has 0 bridgehead atoms. The van der Waals surface area contributed by atoms with Crippen LogP contribution in [0, 0.1) is 0 Å². The minimum Gasteiger partial charge on any atom is -0.391 e. The van der Waals surface area contributed by atoms with Crippen molar-refractivity contribution < 1.29 is 17.7 Å². The lowest BCUT2D eigenvalue weighted by atomic mass is 10.1. The highest BCUT2D eigenvalue weighted by atomic mass is 32.2. The molecule has 3 N–H and O–H groups in total. The summed E-state index contributed by atoms with van der Waals surface area (Å²) in [5.41, 5.74) is 4.05. The minimum absolute atomic E-state index is 0.0605. The molecule has 0 aromatic carbocycles. The molecule has 0 spiro atoms. The summed E-state index contributed by atoms with van der Waals surface area (Å²) in [7, 11) is -3.71. The number of nitrogen functional groups attached to an aromatic ring is 1. The van der Waals surface area contributed by atoms with Crippen molar-refractivity contribution in [1.82, 2.24) is 0 Å². The Kier molecular flexibility index (Phi) is 3.95. The number of rotatable bonds is 5. The summed E-state index contributed by atoms with van der Waals surface area (Å²) in [6, 6.07) is 3.24. The first-order valence-corrected chi connectivity index (χ1v) is 7.11. The van der Waals surface area contributed by atoms with Crippen molar-refractivity contribution in [1.29, 1.82) is 0 Å². The van der Waals surface area contributed by atoms with E-state index in [2.05, 4.69) is 4.18 Å². The summed E-state index contributed by atoms with van der Waals surface area (Å²) >= 11 is 1.16. The van der Waals surface area contributed by atoms with Crippen molar-refractivity contribution in [2.24, 2.45) is 0 Å². The van der Waals surface area contributed by atoms with Gasteiger partial charge < -0.3 is 10.8 Å². The van der Waals surface area contributed by atoms with Crippen molar-refractivity contribution in [3.05, 3.63) is 17.0 Å². The lowest BCUT2D eigenvalue weighted by Crippen LogP contribution is -2.31. The summed E-state index contributed by atoms with van der Waals surface area (Å²) in [4.78, 5) is 0.508. The normalized spacial score (nSPS) is 15.9. The van der Waals surface area contributed by atoms with Gasteiger partial charge >= 0.3 is 0 Å². The average molecular weight is 265 g/mol. The van der Waals surface area contributed by atoms with Gasteiger partial charge in [-0.05, 0) is 26.0 Å². The Labute approximate surface area is 99.0 Å². The van der Waals surface area contributed by atoms with Gasteiger partial charge in [0, 0.05) is 4.88 Å². The van der Waals surface area contributed by atoms with Gasteiger partial charge in [0.1, 0.15) is 11.4 Å². The molecule has 1 heterocycles. The topological polar surface area (TPSA) is 89.6 Å².